The molecule has 0 saturated heterocycles. The Balaban J connectivity index is 1.29. The molecule has 6 rings (SSSR count). The number of imidazole rings is 1. The smallest absolute Gasteiger partial charge is 0.282 e. The molecular formula is C27H19N5O2. The molecule has 0 fully saturated rings. The fourth-order valence-corrected chi connectivity index (χ4v) is 3.91. The first-order chi connectivity index (χ1) is 16.8. The second-order valence-corrected chi connectivity index (χ2v) is 7.85. The van der Waals surface area contributed by atoms with Gasteiger partial charge in [-0.25, -0.2) is 14.5 Å². The number of carbonyl (C=O) groups is 1. The van der Waals surface area contributed by atoms with E-state index in [0.717, 1.165) is 33.5 Å². The van der Waals surface area contributed by atoms with Crippen molar-refractivity contribution in [3.05, 3.63) is 115 Å². The molecular weight excluding hydrogens is 426 g/mol. The summed E-state index contributed by atoms with van der Waals surface area (Å²) in [5, 5.41) is 4.40. The molecule has 3 aromatic carbocycles. The first-order valence-electron chi connectivity index (χ1n) is 10.8. The normalized spacial score (nSPS) is 11.2. The molecule has 7 nitrogen and oxygen atoms in total. The molecule has 0 bridgehead atoms. The first-order valence-corrected chi connectivity index (χ1v) is 10.8. The largest absolute Gasteiger partial charge is 0.489 e. The van der Waals surface area contributed by atoms with Crippen molar-refractivity contribution in [2.24, 2.45) is 0 Å². The summed E-state index contributed by atoms with van der Waals surface area (Å²) in [6.07, 6.45) is 5.03. The first kappa shape index (κ1) is 19.9. The molecule has 0 unspecified atom stereocenters. The Morgan fingerprint density at radius 3 is 2.53 bits per heavy atom. The van der Waals surface area contributed by atoms with E-state index >= 15 is 0 Å². The third-order valence-corrected chi connectivity index (χ3v) is 5.67. The highest BCUT2D eigenvalue weighted by molar-refractivity contribution is 6.00. The Labute approximate surface area is 194 Å². The third-order valence-electron chi connectivity index (χ3n) is 5.67. The van der Waals surface area contributed by atoms with Crippen LogP contribution in [0, 0.1) is 0 Å². The van der Waals surface area contributed by atoms with Gasteiger partial charge in [0.15, 0.2) is 5.65 Å². The van der Waals surface area contributed by atoms with E-state index in [1.165, 1.54) is 10.9 Å². The molecule has 3 aromatic heterocycles. The maximum Gasteiger partial charge on any atom is 0.282 e. The molecule has 6 aromatic rings. The van der Waals surface area contributed by atoms with E-state index < -0.39 is 0 Å². The van der Waals surface area contributed by atoms with Crippen LogP contribution in [0.5, 0.6) is 5.75 Å². The number of para-hydroxylation sites is 2. The van der Waals surface area contributed by atoms with E-state index in [1.807, 2.05) is 78.9 Å². The Bertz CT molecular complexity index is 1620. The summed E-state index contributed by atoms with van der Waals surface area (Å²) < 4.78 is 9.07. The van der Waals surface area contributed by atoms with Crippen molar-refractivity contribution in [2.45, 2.75) is 6.61 Å². The predicted molar refractivity (Wildman–Crippen MR) is 129 cm³/mol. The summed E-state index contributed by atoms with van der Waals surface area (Å²) in [6, 6.07) is 27.0. The fourth-order valence-electron chi connectivity index (χ4n) is 3.91. The average molecular weight is 445 g/mol. The number of fused-ring (bicyclic) bond motifs is 2. The van der Waals surface area contributed by atoms with E-state index in [1.54, 1.807) is 23.0 Å². The lowest BCUT2D eigenvalue weighted by Crippen LogP contribution is -2.13. The highest BCUT2D eigenvalue weighted by Crippen LogP contribution is 2.26. The highest BCUT2D eigenvalue weighted by Gasteiger charge is 2.16. The topological polar surface area (TPSA) is 74.3 Å². The van der Waals surface area contributed by atoms with Crippen molar-refractivity contribution in [3.63, 3.8) is 0 Å². The number of hydrogen-bond acceptors (Lipinski definition) is 5. The molecule has 0 aliphatic heterocycles. The number of aromatic nitrogens is 5. The van der Waals surface area contributed by atoms with Crippen molar-refractivity contribution in [3.8, 4) is 16.9 Å². The minimum absolute atomic E-state index is 0.243. The van der Waals surface area contributed by atoms with Crippen LogP contribution in [0.25, 0.3) is 27.8 Å². The summed E-state index contributed by atoms with van der Waals surface area (Å²) in [5.41, 5.74) is 5.31. The third kappa shape index (κ3) is 3.59. The van der Waals surface area contributed by atoms with Gasteiger partial charge in [-0.3, -0.25) is 9.36 Å². The number of hydrogen-bond donors (Lipinski definition) is 0. The van der Waals surface area contributed by atoms with E-state index in [0.29, 0.717) is 17.9 Å². The second kappa shape index (κ2) is 8.29. The zero-order valence-corrected chi connectivity index (χ0v) is 18.1. The SMILES string of the molecule is O=C(c1ccn2ncc(-c3ccc(OCc4ccccc4)cc3)c2n1)n1cnc2ccccc21. The minimum Gasteiger partial charge on any atom is -0.489 e. The van der Waals surface area contributed by atoms with Gasteiger partial charge in [0.1, 0.15) is 24.4 Å². The second-order valence-electron chi connectivity index (χ2n) is 7.85. The standard InChI is InChI=1S/C27H19N5O2/c33-27(31-18-28-23-8-4-5-9-25(23)31)24-14-15-32-26(30-24)22(16-29-32)20-10-12-21(13-11-20)34-17-19-6-2-1-3-7-19/h1-16,18H,17H2. The van der Waals surface area contributed by atoms with Gasteiger partial charge in [-0.05, 0) is 41.5 Å². The molecule has 3 heterocycles. The van der Waals surface area contributed by atoms with Gasteiger partial charge in [0.2, 0.25) is 0 Å². The molecule has 0 amide bonds. The average Bonchev–Trinajstić information content (AvgIpc) is 3.52. The van der Waals surface area contributed by atoms with Crippen LogP contribution in [0.1, 0.15) is 16.1 Å². The van der Waals surface area contributed by atoms with Crippen molar-refractivity contribution in [2.75, 3.05) is 0 Å². The number of ether oxygens (including phenoxy) is 1. The molecule has 34 heavy (non-hydrogen) atoms. The number of carbonyl (C=O) groups excluding carboxylic acids is 1. The quantitative estimate of drug-likeness (QED) is 0.373. The summed E-state index contributed by atoms with van der Waals surface area (Å²) in [5.74, 6) is 0.535. The van der Waals surface area contributed by atoms with Crippen molar-refractivity contribution < 1.29 is 9.53 Å². The maximum atomic E-state index is 13.2. The lowest BCUT2D eigenvalue weighted by atomic mass is 10.1. The molecule has 0 saturated carbocycles. The van der Waals surface area contributed by atoms with Crippen LogP contribution >= 0.6 is 0 Å². The maximum absolute atomic E-state index is 13.2. The Morgan fingerprint density at radius 2 is 1.68 bits per heavy atom. The van der Waals surface area contributed by atoms with Crippen LogP contribution in [0.15, 0.2) is 104 Å². The predicted octanol–water partition coefficient (Wildman–Crippen LogP) is 5.01. The number of benzene rings is 3. The van der Waals surface area contributed by atoms with Crippen molar-refractivity contribution >= 4 is 22.6 Å². The molecule has 0 aliphatic rings. The summed E-state index contributed by atoms with van der Waals surface area (Å²) in [6.45, 7) is 0.507. The van der Waals surface area contributed by atoms with Gasteiger partial charge >= 0.3 is 0 Å². The lowest BCUT2D eigenvalue weighted by Gasteiger charge is -2.07. The van der Waals surface area contributed by atoms with Gasteiger partial charge in [-0.1, -0.05) is 54.6 Å². The van der Waals surface area contributed by atoms with Gasteiger partial charge in [0, 0.05) is 11.8 Å². The van der Waals surface area contributed by atoms with E-state index in [-0.39, 0.29) is 5.91 Å². The van der Waals surface area contributed by atoms with Gasteiger partial charge in [-0.15, -0.1) is 0 Å². The van der Waals surface area contributed by atoms with Crippen LogP contribution in [0.3, 0.4) is 0 Å². The zero-order chi connectivity index (χ0) is 22.9. The molecule has 164 valence electrons. The molecule has 0 radical (unpaired) electrons. The van der Waals surface area contributed by atoms with Crippen LogP contribution in [-0.2, 0) is 6.61 Å². The molecule has 0 aliphatic carbocycles. The van der Waals surface area contributed by atoms with Crippen LogP contribution in [0.4, 0.5) is 0 Å². The van der Waals surface area contributed by atoms with Crippen molar-refractivity contribution in [1.82, 2.24) is 24.1 Å². The highest BCUT2D eigenvalue weighted by atomic mass is 16.5. The summed E-state index contributed by atoms with van der Waals surface area (Å²) in [4.78, 5) is 22.1. The van der Waals surface area contributed by atoms with E-state index in [9.17, 15) is 4.79 Å². The molecule has 0 spiro atoms. The fraction of sp³-hybridized carbons (Fsp3) is 0.0370. The lowest BCUT2D eigenvalue weighted by molar-refractivity contribution is 0.0959. The van der Waals surface area contributed by atoms with Crippen molar-refractivity contribution in [1.29, 1.82) is 0 Å². The van der Waals surface area contributed by atoms with Gasteiger partial charge < -0.3 is 4.74 Å². The van der Waals surface area contributed by atoms with Crippen LogP contribution < -0.4 is 4.74 Å². The monoisotopic (exact) mass is 445 g/mol. The Morgan fingerprint density at radius 1 is 0.882 bits per heavy atom. The zero-order valence-electron chi connectivity index (χ0n) is 18.1. The van der Waals surface area contributed by atoms with Crippen LogP contribution in [-0.4, -0.2) is 30.1 Å². The van der Waals surface area contributed by atoms with E-state index in [2.05, 4.69) is 15.1 Å². The Kier molecular flexibility index (Phi) is 4.85. The molecule has 0 atom stereocenters. The van der Waals surface area contributed by atoms with Gasteiger partial charge in [0.05, 0.1) is 17.2 Å². The van der Waals surface area contributed by atoms with Crippen LogP contribution in [0.2, 0.25) is 0 Å². The summed E-state index contributed by atoms with van der Waals surface area (Å²) >= 11 is 0. The number of nitrogens with zero attached hydrogens (tertiary/aromatic N) is 5. The molecule has 0 N–H and O–H groups in total. The number of rotatable bonds is 5. The molecule has 7 heteroatoms. The summed E-state index contributed by atoms with van der Waals surface area (Å²) in [7, 11) is 0. The minimum atomic E-state index is -0.243. The van der Waals surface area contributed by atoms with E-state index in [4.69, 9.17) is 4.74 Å². The Hall–Kier alpha value is -4.78. The van der Waals surface area contributed by atoms with Gasteiger partial charge in [0.25, 0.3) is 5.91 Å². The van der Waals surface area contributed by atoms with Gasteiger partial charge in [-0.2, -0.15) is 5.10 Å².